The molecule has 2 nitrogen and oxygen atoms in total. The molecule has 86 valence electrons. The smallest absolute Gasteiger partial charge is 0.0578 e. The second-order valence-corrected chi connectivity index (χ2v) is 5.12. The SMILES string of the molecule is C#CCNC1(CN)CCC(C(C)C)CC1. The lowest BCUT2D eigenvalue weighted by Crippen LogP contribution is -2.53. The molecular formula is C13H24N2. The molecule has 2 heteroatoms. The maximum atomic E-state index is 5.87. The number of nitrogens with one attached hydrogen (secondary N) is 1. The summed E-state index contributed by atoms with van der Waals surface area (Å²) < 4.78 is 0. The Morgan fingerprint density at radius 2 is 2.07 bits per heavy atom. The molecule has 1 rings (SSSR count). The van der Waals surface area contributed by atoms with Crippen molar-refractivity contribution < 1.29 is 0 Å². The lowest BCUT2D eigenvalue weighted by atomic mass is 9.73. The topological polar surface area (TPSA) is 38.0 Å². The van der Waals surface area contributed by atoms with Crippen LogP contribution < -0.4 is 11.1 Å². The van der Waals surface area contributed by atoms with Crippen molar-refractivity contribution in [2.24, 2.45) is 17.6 Å². The molecule has 0 aromatic carbocycles. The van der Waals surface area contributed by atoms with Gasteiger partial charge in [-0.3, -0.25) is 5.32 Å². The monoisotopic (exact) mass is 208 g/mol. The summed E-state index contributed by atoms with van der Waals surface area (Å²) in [5.41, 5.74) is 5.99. The maximum Gasteiger partial charge on any atom is 0.0578 e. The molecule has 0 atom stereocenters. The van der Waals surface area contributed by atoms with E-state index in [0.29, 0.717) is 13.1 Å². The van der Waals surface area contributed by atoms with Crippen molar-refractivity contribution in [3.05, 3.63) is 0 Å². The van der Waals surface area contributed by atoms with Crippen LogP contribution in [-0.2, 0) is 0 Å². The molecule has 0 radical (unpaired) electrons. The minimum atomic E-state index is 0.123. The van der Waals surface area contributed by atoms with Gasteiger partial charge in [-0.05, 0) is 37.5 Å². The minimum absolute atomic E-state index is 0.123. The summed E-state index contributed by atoms with van der Waals surface area (Å²) in [6.45, 7) is 5.98. The summed E-state index contributed by atoms with van der Waals surface area (Å²) in [5, 5.41) is 3.43. The Morgan fingerprint density at radius 1 is 1.47 bits per heavy atom. The number of rotatable bonds is 4. The predicted molar refractivity (Wildman–Crippen MR) is 65.4 cm³/mol. The number of nitrogens with two attached hydrogens (primary N) is 1. The highest BCUT2D eigenvalue weighted by molar-refractivity contribution is 4.98. The van der Waals surface area contributed by atoms with E-state index < -0.39 is 0 Å². The zero-order chi connectivity index (χ0) is 11.3. The molecule has 0 unspecified atom stereocenters. The van der Waals surface area contributed by atoms with Crippen molar-refractivity contribution in [3.63, 3.8) is 0 Å². The highest BCUT2D eigenvalue weighted by atomic mass is 15.0. The first-order valence-electron chi connectivity index (χ1n) is 6.02. The molecular weight excluding hydrogens is 184 g/mol. The fraction of sp³-hybridized carbons (Fsp3) is 0.846. The fourth-order valence-corrected chi connectivity index (χ4v) is 2.55. The molecule has 0 amide bonds. The van der Waals surface area contributed by atoms with E-state index in [2.05, 4.69) is 25.1 Å². The average Bonchev–Trinajstić information content (AvgIpc) is 2.27. The highest BCUT2D eigenvalue weighted by Gasteiger charge is 2.34. The fourth-order valence-electron chi connectivity index (χ4n) is 2.55. The van der Waals surface area contributed by atoms with Crippen LogP contribution in [0.15, 0.2) is 0 Å². The molecule has 0 aliphatic heterocycles. The van der Waals surface area contributed by atoms with Gasteiger partial charge in [-0.1, -0.05) is 19.8 Å². The van der Waals surface area contributed by atoms with Crippen LogP contribution in [0.25, 0.3) is 0 Å². The second-order valence-electron chi connectivity index (χ2n) is 5.12. The molecule has 0 spiro atoms. The molecule has 1 aliphatic rings. The minimum Gasteiger partial charge on any atom is -0.329 e. The second kappa shape index (κ2) is 5.53. The van der Waals surface area contributed by atoms with Gasteiger partial charge >= 0.3 is 0 Å². The van der Waals surface area contributed by atoms with Crippen molar-refractivity contribution in [2.75, 3.05) is 13.1 Å². The zero-order valence-electron chi connectivity index (χ0n) is 10.1. The molecule has 1 saturated carbocycles. The number of hydrogen-bond donors (Lipinski definition) is 2. The van der Waals surface area contributed by atoms with E-state index in [1.807, 2.05) is 0 Å². The summed E-state index contributed by atoms with van der Waals surface area (Å²) in [6.07, 6.45) is 10.2. The molecule has 15 heavy (non-hydrogen) atoms. The van der Waals surface area contributed by atoms with Crippen molar-refractivity contribution in [1.29, 1.82) is 0 Å². The molecule has 0 bridgehead atoms. The predicted octanol–water partition coefficient (Wildman–Crippen LogP) is 1.75. The molecule has 1 fully saturated rings. The van der Waals surface area contributed by atoms with Gasteiger partial charge < -0.3 is 5.73 Å². The lowest BCUT2D eigenvalue weighted by Gasteiger charge is -2.41. The van der Waals surface area contributed by atoms with Crippen LogP contribution in [0.4, 0.5) is 0 Å². The van der Waals surface area contributed by atoms with E-state index in [-0.39, 0.29) is 5.54 Å². The molecule has 1 aliphatic carbocycles. The van der Waals surface area contributed by atoms with Gasteiger partial charge in [-0.25, -0.2) is 0 Å². The van der Waals surface area contributed by atoms with Gasteiger partial charge in [0.1, 0.15) is 0 Å². The first-order chi connectivity index (χ1) is 7.13. The van der Waals surface area contributed by atoms with Crippen LogP contribution in [0.1, 0.15) is 39.5 Å². The molecule has 0 saturated heterocycles. The largest absolute Gasteiger partial charge is 0.329 e. The van der Waals surface area contributed by atoms with E-state index in [1.54, 1.807) is 0 Å². The van der Waals surface area contributed by atoms with Crippen molar-refractivity contribution in [2.45, 2.75) is 45.1 Å². The summed E-state index contributed by atoms with van der Waals surface area (Å²) >= 11 is 0. The van der Waals surface area contributed by atoms with Gasteiger partial charge in [0.05, 0.1) is 6.54 Å². The van der Waals surface area contributed by atoms with Crippen LogP contribution in [-0.4, -0.2) is 18.6 Å². The molecule has 3 N–H and O–H groups in total. The zero-order valence-corrected chi connectivity index (χ0v) is 10.1. The number of hydrogen-bond acceptors (Lipinski definition) is 2. The van der Waals surface area contributed by atoms with Crippen LogP contribution in [0.3, 0.4) is 0 Å². The Labute approximate surface area is 94.0 Å². The van der Waals surface area contributed by atoms with Gasteiger partial charge in [-0.2, -0.15) is 0 Å². The Kier molecular flexibility index (Phi) is 4.63. The average molecular weight is 208 g/mol. The first kappa shape index (κ1) is 12.5. The highest BCUT2D eigenvalue weighted by Crippen LogP contribution is 2.35. The van der Waals surface area contributed by atoms with E-state index in [0.717, 1.165) is 11.8 Å². The summed E-state index contributed by atoms with van der Waals surface area (Å²) in [5.74, 6) is 4.31. The van der Waals surface area contributed by atoms with Gasteiger partial charge in [0.2, 0.25) is 0 Å². The van der Waals surface area contributed by atoms with E-state index in [4.69, 9.17) is 12.2 Å². The van der Waals surface area contributed by atoms with Crippen LogP contribution in [0, 0.1) is 24.2 Å². The summed E-state index contributed by atoms with van der Waals surface area (Å²) in [7, 11) is 0. The van der Waals surface area contributed by atoms with E-state index in [9.17, 15) is 0 Å². The summed E-state index contributed by atoms with van der Waals surface area (Å²) in [4.78, 5) is 0. The number of terminal acetylenes is 1. The first-order valence-corrected chi connectivity index (χ1v) is 6.02. The third-order valence-corrected chi connectivity index (χ3v) is 3.89. The normalized spacial score (nSPS) is 31.5. The Balaban J connectivity index is 2.47. The van der Waals surface area contributed by atoms with E-state index in [1.165, 1.54) is 25.7 Å². The molecule has 0 aromatic rings. The van der Waals surface area contributed by atoms with Gasteiger partial charge in [0.15, 0.2) is 0 Å². The third-order valence-electron chi connectivity index (χ3n) is 3.89. The molecule has 0 heterocycles. The molecule has 0 aromatic heterocycles. The van der Waals surface area contributed by atoms with Crippen molar-refractivity contribution in [3.8, 4) is 12.3 Å². The third kappa shape index (κ3) is 3.22. The Hall–Kier alpha value is -0.520. The van der Waals surface area contributed by atoms with Gasteiger partial charge in [0.25, 0.3) is 0 Å². The lowest BCUT2D eigenvalue weighted by molar-refractivity contribution is 0.170. The Bertz CT molecular complexity index is 219. The van der Waals surface area contributed by atoms with Crippen LogP contribution in [0.2, 0.25) is 0 Å². The quantitative estimate of drug-likeness (QED) is 0.691. The summed E-state index contributed by atoms with van der Waals surface area (Å²) in [6, 6.07) is 0. The van der Waals surface area contributed by atoms with Crippen molar-refractivity contribution in [1.82, 2.24) is 5.32 Å². The van der Waals surface area contributed by atoms with Crippen LogP contribution >= 0.6 is 0 Å². The Morgan fingerprint density at radius 3 is 2.47 bits per heavy atom. The van der Waals surface area contributed by atoms with Crippen molar-refractivity contribution >= 4 is 0 Å². The van der Waals surface area contributed by atoms with E-state index >= 15 is 0 Å². The van der Waals surface area contributed by atoms with Gasteiger partial charge in [0, 0.05) is 12.1 Å². The standard InChI is InChI=1S/C13H24N2/c1-4-9-15-13(10-14)7-5-12(6-8-13)11(2)3/h1,11-12,15H,5-10,14H2,2-3H3. The maximum absolute atomic E-state index is 5.87. The van der Waals surface area contributed by atoms with Gasteiger partial charge in [-0.15, -0.1) is 6.42 Å². The van der Waals surface area contributed by atoms with Crippen LogP contribution in [0.5, 0.6) is 0 Å².